The maximum absolute atomic E-state index is 13.6. The van der Waals surface area contributed by atoms with Gasteiger partial charge in [0.15, 0.2) is 0 Å². The Morgan fingerprint density at radius 2 is 1.77 bits per heavy atom. The molecule has 1 heterocycles. The first-order chi connectivity index (χ1) is 16.7. The van der Waals surface area contributed by atoms with Crippen LogP contribution in [0.25, 0.3) is 11.1 Å². The van der Waals surface area contributed by atoms with Crippen molar-refractivity contribution >= 4 is 48.5 Å². The molecule has 1 aliphatic heterocycles. The fourth-order valence-corrected chi connectivity index (χ4v) is 5.93. The predicted octanol–water partition coefficient (Wildman–Crippen LogP) is 3.70. The van der Waals surface area contributed by atoms with E-state index in [9.17, 15) is 8.42 Å². The average molecular weight is 577 g/mol. The summed E-state index contributed by atoms with van der Waals surface area (Å²) < 4.78 is 47.8. The van der Waals surface area contributed by atoms with Gasteiger partial charge in [-0.2, -0.15) is 0 Å². The third-order valence-corrected chi connectivity index (χ3v) is 8.07. The number of methoxy groups -OCH3 is 2. The number of sulfonamides is 1. The van der Waals surface area contributed by atoms with Gasteiger partial charge >= 0.3 is 189 Å². The number of hydrogen-bond acceptors (Lipinski definition) is 6. The van der Waals surface area contributed by atoms with Gasteiger partial charge in [0.05, 0.1) is 0 Å². The zero-order chi connectivity index (χ0) is 25.2. The van der Waals surface area contributed by atoms with Gasteiger partial charge in [-0.15, -0.1) is 0 Å². The zero-order valence-electron chi connectivity index (χ0n) is 19.6. The Bertz CT molecular complexity index is 1340. The number of halogens is 1. The summed E-state index contributed by atoms with van der Waals surface area (Å²) in [4.78, 5) is 2.23. The Balaban J connectivity index is 1.72. The number of nitrogens with zero attached hydrogens (tertiary/aromatic N) is 1. The molecule has 1 saturated heterocycles. The molecule has 4 rings (SSSR count). The number of nitrogens with one attached hydrogen (secondary N) is 1. The normalized spacial score (nSPS) is 16.2. The summed E-state index contributed by atoms with van der Waals surface area (Å²) in [5, 5.41) is 0.423. The molecule has 1 atom stereocenters. The molecule has 3 aromatic rings. The number of rotatable bonds is 8. The molecule has 1 fully saturated rings. The second kappa shape index (κ2) is 10.7. The summed E-state index contributed by atoms with van der Waals surface area (Å²) in [5.41, 5.74) is 1.56. The van der Waals surface area contributed by atoms with E-state index in [0.29, 0.717) is 33.5 Å². The van der Waals surface area contributed by atoms with E-state index in [1.807, 2.05) is 31.3 Å². The molecule has 35 heavy (non-hydrogen) atoms. The predicted molar refractivity (Wildman–Crippen MR) is 139 cm³/mol. The van der Waals surface area contributed by atoms with Crippen LogP contribution in [0.3, 0.4) is 0 Å². The van der Waals surface area contributed by atoms with Crippen LogP contribution in [0.1, 0.15) is 6.42 Å². The van der Waals surface area contributed by atoms with Gasteiger partial charge < -0.3 is 4.90 Å². The average Bonchev–Trinajstić information content (AvgIpc) is 3.24. The van der Waals surface area contributed by atoms with Crippen molar-refractivity contribution in [3.63, 3.8) is 0 Å². The topological polar surface area (TPSA) is 77.1 Å². The third kappa shape index (κ3) is 5.89. The van der Waals surface area contributed by atoms with E-state index in [-0.39, 0.29) is 11.0 Å². The van der Waals surface area contributed by atoms with Gasteiger partial charge in [-0.1, -0.05) is 0 Å². The second-order valence-corrected chi connectivity index (χ2v) is 11.4. The first kappa shape index (κ1) is 25.7. The van der Waals surface area contributed by atoms with Crippen LogP contribution < -0.4 is 23.3 Å². The van der Waals surface area contributed by atoms with Gasteiger partial charge in [0.1, 0.15) is 0 Å². The van der Waals surface area contributed by atoms with Gasteiger partial charge in [-0.25, -0.2) is 0 Å². The fraction of sp³-hybridized carbons (Fsp3) is 0.280. The van der Waals surface area contributed by atoms with Gasteiger partial charge in [-0.3, -0.25) is 0 Å². The summed E-state index contributed by atoms with van der Waals surface area (Å²) in [7, 11) is 0.985. The van der Waals surface area contributed by atoms with Gasteiger partial charge in [0.25, 0.3) is 0 Å². The summed E-state index contributed by atoms with van der Waals surface area (Å²) in [6.07, 6.45) is 0.883. The van der Waals surface area contributed by atoms with E-state index >= 15 is 0 Å². The molecule has 0 aliphatic carbocycles. The number of hydrogen-bond donors (Lipinski definition) is 1. The van der Waals surface area contributed by atoms with Crippen LogP contribution in [0.2, 0.25) is 5.02 Å². The fourth-order valence-electron chi connectivity index (χ4n) is 4.02. The van der Waals surface area contributed by atoms with Crippen molar-refractivity contribution < 1.29 is 22.6 Å². The van der Waals surface area contributed by atoms with Gasteiger partial charge in [0, 0.05) is 13.1 Å². The molecule has 0 spiro atoms. The number of likely N-dealkylation sites (tertiary alicyclic amines) is 1. The zero-order valence-corrected chi connectivity index (χ0v) is 23.1. The molecule has 1 N–H and O–H groups in total. The first-order valence-corrected chi connectivity index (χ1v) is 13.7. The molecular weight excluding hydrogens is 551 g/mol. The summed E-state index contributed by atoms with van der Waals surface area (Å²) in [6, 6.07) is 15.5. The summed E-state index contributed by atoms with van der Waals surface area (Å²) in [5.74, 6) is 1.18. The second-order valence-electron chi connectivity index (χ2n) is 8.30. The number of likely N-dealkylation sites (N-methyl/N-ethyl adjacent to an activating group) is 1. The summed E-state index contributed by atoms with van der Waals surface area (Å²) >= 11 is 8.80. The van der Waals surface area contributed by atoms with Crippen LogP contribution >= 0.6 is 11.6 Å². The Morgan fingerprint density at radius 3 is 2.43 bits per heavy atom. The van der Waals surface area contributed by atoms with E-state index in [1.165, 1.54) is 20.3 Å². The van der Waals surface area contributed by atoms with E-state index in [2.05, 4.69) is 26.5 Å². The van der Waals surface area contributed by atoms with Crippen molar-refractivity contribution in [2.24, 2.45) is 0 Å². The van der Waals surface area contributed by atoms with Crippen molar-refractivity contribution in [1.29, 1.82) is 0 Å². The van der Waals surface area contributed by atoms with E-state index in [4.69, 9.17) is 25.8 Å². The molecule has 0 unspecified atom stereocenters. The first-order valence-electron chi connectivity index (χ1n) is 10.9. The number of ether oxygens (including phenoxy) is 3. The molecular formula is C25H26AsClN2O5S. The quantitative estimate of drug-likeness (QED) is 0.412. The Labute approximate surface area is 219 Å². The SMILES string of the molecule is COc1cc(-c2cccc([As])c2)c(S(=O)(=O)Nc2ccc(Cl)c(O[C@@H]3CCN(C)C3)c2)cc1OC. The molecule has 0 saturated carbocycles. The van der Waals surface area contributed by atoms with Crippen molar-refractivity contribution in [3.8, 4) is 28.4 Å². The standard InChI is InChI=1S/C25H26AsClN2O5S/c1-29-10-9-19(15-29)34-22-12-18(7-8-21(22)27)28-35(30,31)25-14-24(33-3)23(32-2)13-20(25)16-5-4-6-17(26)11-16/h4-8,11-14,19,28H,9-10,15H2,1-3H3/t19-/m1/s1. The minimum atomic E-state index is -4.03. The molecule has 3 aromatic carbocycles. The van der Waals surface area contributed by atoms with Crippen molar-refractivity contribution in [1.82, 2.24) is 4.90 Å². The van der Waals surface area contributed by atoms with Gasteiger partial charge in [0.2, 0.25) is 0 Å². The van der Waals surface area contributed by atoms with E-state index < -0.39 is 10.0 Å². The van der Waals surface area contributed by atoms with Crippen LogP contribution in [-0.2, 0) is 10.0 Å². The Hall–Kier alpha value is -2.38. The molecule has 7 nitrogen and oxygen atoms in total. The molecule has 2 radical (unpaired) electrons. The monoisotopic (exact) mass is 576 g/mol. The Morgan fingerprint density at radius 1 is 1.03 bits per heavy atom. The van der Waals surface area contributed by atoms with Gasteiger partial charge in [-0.05, 0) is 13.5 Å². The van der Waals surface area contributed by atoms with Crippen LogP contribution in [-0.4, -0.2) is 70.6 Å². The van der Waals surface area contributed by atoms with Crippen molar-refractivity contribution in [2.45, 2.75) is 17.4 Å². The van der Waals surface area contributed by atoms with Crippen LogP contribution in [0.15, 0.2) is 59.5 Å². The van der Waals surface area contributed by atoms with Crippen LogP contribution in [0.5, 0.6) is 17.2 Å². The van der Waals surface area contributed by atoms with E-state index in [0.717, 1.165) is 29.4 Å². The number of anilines is 1. The third-order valence-electron chi connectivity index (χ3n) is 5.76. The minimum absolute atomic E-state index is 0.00142. The van der Waals surface area contributed by atoms with Crippen LogP contribution in [0.4, 0.5) is 5.69 Å². The van der Waals surface area contributed by atoms with Crippen molar-refractivity contribution in [3.05, 3.63) is 59.6 Å². The Kier molecular flexibility index (Phi) is 7.86. The molecule has 0 aromatic heterocycles. The maximum atomic E-state index is 13.6. The molecule has 10 heteroatoms. The number of benzene rings is 3. The van der Waals surface area contributed by atoms with Crippen LogP contribution in [0, 0.1) is 0 Å². The van der Waals surface area contributed by atoms with E-state index in [1.54, 1.807) is 24.3 Å². The molecule has 0 bridgehead atoms. The van der Waals surface area contributed by atoms with Crippen molar-refractivity contribution in [2.75, 3.05) is 39.1 Å². The molecule has 1 aliphatic rings. The molecule has 184 valence electrons. The summed E-state index contributed by atoms with van der Waals surface area (Å²) in [6.45, 7) is 1.73. The molecule has 0 amide bonds.